The van der Waals surface area contributed by atoms with E-state index < -0.39 is 4.92 Å². The van der Waals surface area contributed by atoms with Crippen molar-refractivity contribution in [2.75, 3.05) is 26.2 Å². The third-order valence-electron chi connectivity index (χ3n) is 4.29. The van der Waals surface area contributed by atoms with Crippen LogP contribution in [0.5, 0.6) is 0 Å². The third-order valence-corrected chi connectivity index (χ3v) is 4.29. The van der Waals surface area contributed by atoms with Crippen LogP contribution in [0.4, 0.5) is 5.69 Å². The van der Waals surface area contributed by atoms with Crippen LogP contribution in [-0.4, -0.2) is 66.4 Å². The Morgan fingerprint density at radius 1 is 1.28 bits per heavy atom. The first-order valence-corrected chi connectivity index (χ1v) is 8.19. The topological polar surface area (TPSA) is 102 Å². The second kappa shape index (κ2) is 7.01. The number of nitrogens with zero attached hydrogens (tertiary/aromatic N) is 7. The van der Waals surface area contributed by atoms with Crippen LogP contribution in [0.2, 0.25) is 0 Å². The molecule has 10 heteroatoms. The lowest BCUT2D eigenvalue weighted by Crippen LogP contribution is -2.48. The highest BCUT2D eigenvalue weighted by molar-refractivity contribution is 5.96. The molecule has 0 spiro atoms. The van der Waals surface area contributed by atoms with Gasteiger partial charge in [0.2, 0.25) is 5.69 Å². The number of hydrogen-bond donors (Lipinski definition) is 0. The van der Waals surface area contributed by atoms with Gasteiger partial charge in [-0.3, -0.25) is 29.2 Å². The van der Waals surface area contributed by atoms with Crippen molar-refractivity contribution in [1.29, 1.82) is 0 Å². The van der Waals surface area contributed by atoms with Crippen LogP contribution < -0.4 is 0 Å². The average Bonchev–Trinajstić information content (AvgIpc) is 3.21. The van der Waals surface area contributed by atoms with E-state index in [1.165, 1.54) is 10.9 Å². The van der Waals surface area contributed by atoms with Gasteiger partial charge in [0.15, 0.2) is 0 Å². The Morgan fingerprint density at radius 3 is 2.56 bits per heavy atom. The van der Waals surface area contributed by atoms with Gasteiger partial charge in [-0.15, -0.1) is 0 Å². The summed E-state index contributed by atoms with van der Waals surface area (Å²) in [6.45, 7) is 5.55. The van der Waals surface area contributed by atoms with Crippen molar-refractivity contribution in [3.05, 3.63) is 40.0 Å². The van der Waals surface area contributed by atoms with Crippen molar-refractivity contribution >= 4 is 11.6 Å². The van der Waals surface area contributed by atoms with Gasteiger partial charge in [-0.2, -0.15) is 10.2 Å². The van der Waals surface area contributed by atoms with E-state index in [9.17, 15) is 14.9 Å². The number of hydrogen-bond acceptors (Lipinski definition) is 6. The Labute approximate surface area is 144 Å². The molecule has 0 radical (unpaired) electrons. The summed E-state index contributed by atoms with van der Waals surface area (Å²) in [6, 6.07) is 0. The lowest BCUT2D eigenvalue weighted by Gasteiger charge is -2.34. The zero-order valence-electron chi connectivity index (χ0n) is 14.3. The molecule has 2 aromatic heterocycles. The van der Waals surface area contributed by atoms with Gasteiger partial charge in [0, 0.05) is 58.1 Å². The number of carbonyl (C=O) groups excluding carboxylic acids is 1. The summed E-state index contributed by atoms with van der Waals surface area (Å²) in [6.07, 6.45) is 5.11. The molecule has 1 saturated heterocycles. The molecule has 1 amide bonds. The predicted molar refractivity (Wildman–Crippen MR) is 88.9 cm³/mol. The number of amides is 1. The zero-order valence-corrected chi connectivity index (χ0v) is 14.3. The molecule has 1 aliphatic heterocycles. The SMILES string of the molecule is CCn1cc([N+](=O)[O-])c(C(=O)N2CCN(Cc3cnn(C)c3)CC2)n1. The monoisotopic (exact) mass is 347 g/mol. The van der Waals surface area contributed by atoms with Crippen LogP contribution in [0.1, 0.15) is 23.0 Å². The summed E-state index contributed by atoms with van der Waals surface area (Å²) in [5.41, 5.74) is 0.816. The minimum Gasteiger partial charge on any atom is -0.334 e. The smallest absolute Gasteiger partial charge is 0.320 e. The molecular formula is C15H21N7O3. The Morgan fingerprint density at radius 2 is 2.00 bits per heavy atom. The van der Waals surface area contributed by atoms with Gasteiger partial charge in [0.1, 0.15) is 6.20 Å². The van der Waals surface area contributed by atoms with Crippen molar-refractivity contribution in [2.24, 2.45) is 7.05 Å². The quantitative estimate of drug-likeness (QED) is 0.576. The maximum atomic E-state index is 12.6. The zero-order chi connectivity index (χ0) is 18.0. The predicted octanol–water partition coefficient (Wildman–Crippen LogP) is 0.503. The third kappa shape index (κ3) is 3.68. The first-order chi connectivity index (χ1) is 12.0. The van der Waals surface area contributed by atoms with Gasteiger partial charge in [-0.05, 0) is 6.92 Å². The molecule has 134 valence electrons. The van der Waals surface area contributed by atoms with E-state index >= 15 is 0 Å². The van der Waals surface area contributed by atoms with E-state index in [0.717, 1.165) is 12.1 Å². The minimum atomic E-state index is -0.551. The molecule has 0 saturated carbocycles. The van der Waals surface area contributed by atoms with Crippen LogP contribution in [0.15, 0.2) is 18.6 Å². The van der Waals surface area contributed by atoms with E-state index in [1.54, 1.807) is 9.58 Å². The molecule has 25 heavy (non-hydrogen) atoms. The van der Waals surface area contributed by atoms with Gasteiger partial charge in [0.05, 0.1) is 11.1 Å². The molecule has 0 N–H and O–H groups in total. The molecule has 0 atom stereocenters. The van der Waals surface area contributed by atoms with E-state index in [-0.39, 0.29) is 17.3 Å². The summed E-state index contributed by atoms with van der Waals surface area (Å²) >= 11 is 0. The molecule has 10 nitrogen and oxygen atoms in total. The van der Waals surface area contributed by atoms with Gasteiger partial charge >= 0.3 is 5.69 Å². The first kappa shape index (κ1) is 17.1. The molecule has 3 rings (SSSR count). The normalized spacial score (nSPS) is 15.5. The Balaban J connectivity index is 1.63. The Bertz CT molecular complexity index is 774. The molecule has 0 aliphatic carbocycles. The lowest BCUT2D eigenvalue weighted by atomic mass is 10.2. The highest BCUT2D eigenvalue weighted by atomic mass is 16.6. The first-order valence-electron chi connectivity index (χ1n) is 8.19. The molecule has 1 fully saturated rings. The van der Waals surface area contributed by atoms with Crippen molar-refractivity contribution < 1.29 is 9.72 Å². The fourth-order valence-corrected chi connectivity index (χ4v) is 2.93. The number of carbonyl (C=O) groups is 1. The largest absolute Gasteiger partial charge is 0.334 e. The number of rotatable bonds is 5. The highest BCUT2D eigenvalue weighted by Crippen LogP contribution is 2.20. The van der Waals surface area contributed by atoms with Gasteiger partial charge < -0.3 is 4.90 Å². The number of piperazine rings is 1. The fraction of sp³-hybridized carbons (Fsp3) is 0.533. The standard InChI is InChI=1S/C15H21N7O3/c1-3-21-11-13(22(24)25)14(17-21)15(23)20-6-4-19(5-7-20)10-12-8-16-18(2)9-12/h8-9,11H,3-7,10H2,1-2H3. The van der Waals surface area contributed by atoms with E-state index in [4.69, 9.17) is 0 Å². The summed E-state index contributed by atoms with van der Waals surface area (Å²) in [4.78, 5) is 27.1. The molecule has 1 aliphatic rings. The van der Waals surface area contributed by atoms with E-state index in [2.05, 4.69) is 15.1 Å². The number of aromatic nitrogens is 4. The van der Waals surface area contributed by atoms with Crippen LogP contribution >= 0.6 is 0 Å². The van der Waals surface area contributed by atoms with Crippen LogP contribution in [-0.2, 0) is 20.1 Å². The second-order valence-electron chi connectivity index (χ2n) is 6.07. The highest BCUT2D eigenvalue weighted by Gasteiger charge is 2.31. The van der Waals surface area contributed by atoms with Crippen LogP contribution in [0.3, 0.4) is 0 Å². The van der Waals surface area contributed by atoms with Crippen molar-refractivity contribution in [1.82, 2.24) is 29.4 Å². The lowest BCUT2D eigenvalue weighted by molar-refractivity contribution is -0.385. The molecule has 0 bridgehead atoms. The van der Waals surface area contributed by atoms with Crippen LogP contribution in [0, 0.1) is 10.1 Å². The van der Waals surface area contributed by atoms with Gasteiger partial charge in [-0.25, -0.2) is 0 Å². The number of aryl methyl sites for hydroxylation is 2. The molecule has 0 aromatic carbocycles. The summed E-state index contributed by atoms with van der Waals surface area (Å²) in [5, 5.41) is 19.4. The summed E-state index contributed by atoms with van der Waals surface area (Å²) in [7, 11) is 1.88. The molecular weight excluding hydrogens is 326 g/mol. The van der Waals surface area contributed by atoms with Crippen molar-refractivity contribution in [3.63, 3.8) is 0 Å². The minimum absolute atomic E-state index is 0.0763. The molecule has 2 aromatic rings. The summed E-state index contributed by atoms with van der Waals surface area (Å²) in [5.74, 6) is -0.375. The van der Waals surface area contributed by atoms with E-state index in [1.807, 2.05) is 26.4 Å². The average molecular weight is 347 g/mol. The Kier molecular flexibility index (Phi) is 4.79. The Hall–Kier alpha value is -2.75. The molecule has 3 heterocycles. The van der Waals surface area contributed by atoms with Crippen LogP contribution in [0.25, 0.3) is 0 Å². The second-order valence-corrected chi connectivity index (χ2v) is 6.07. The maximum absolute atomic E-state index is 12.6. The number of nitro groups is 1. The molecule has 0 unspecified atom stereocenters. The maximum Gasteiger partial charge on any atom is 0.320 e. The van der Waals surface area contributed by atoms with E-state index in [0.29, 0.717) is 32.7 Å². The van der Waals surface area contributed by atoms with Gasteiger partial charge in [-0.1, -0.05) is 0 Å². The summed E-state index contributed by atoms with van der Waals surface area (Å²) < 4.78 is 3.18. The fourth-order valence-electron chi connectivity index (χ4n) is 2.93. The van der Waals surface area contributed by atoms with Crippen molar-refractivity contribution in [3.8, 4) is 0 Å². The van der Waals surface area contributed by atoms with Crippen molar-refractivity contribution in [2.45, 2.75) is 20.0 Å². The van der Waals surface area contributed by atoms with Gasteiger partial charge in [0.25, 0.3) is 5.91 Å².